The summed E-state index contributed by atoms with van der Waals surface area (Å²) in [5.41, 5.74) is 0.494. The monoisotopic (exact) mass is 446 g/mol. The highest BCUT2D eigenvalue weighted by Crippen LogP contribution is 2.21. The molecule has 0 unspecified atom stereocenters. The van der Waals surface area contributed by atoms with Crippen molar-refractivity contribution in [2.75, 3.05) is 64.7 Å². The van der Waals surface area contributed by atoms with Crippen molar-refractivity contribution in [2.45, 2.75) is 13.5 Å². The average Bonchev–Trinajstić information content (AvgIpc) is 2.71. The Hall–Kier alpha value is -1.26. The number of carbonyl (C=O) groups is 1. The Morgan fingerprint density at radius 3 is 2.24 bits per heavy atom. The second kappa shape index (κ2) is 9.70. The molecule has 0 spiro atoms. The first-order valence-corrected chi connectivity index (χ1v) is 11.9. The predicted molar refractivity (Wildman–Crippen MR) is 111 cm³/mol. The van der Waals surface area contributed by atoms with Gasteiger partial charge in [0.1, 0.15) is 5.82 Å². The number of amides is 1. The van der Waals surface area contributed by atoms with Crippen LogP contribution < -0.4 is 0 Å². The summed E-state index contributed by atoms with van der Waals surface area (Å²) in [5.74, 6) is -0.144. The van der Waals surface area contributed by atoms with Gasteiger partial charge in [0.05, 0.1) is 12.3 Å². The molecule has 2 aliphatic rings. The first-order chi connectivity index (χ1) is 13.8. The number of hydrogen-bond donors (Lipinski definition) is 0. The molecule has 7 nitrogen and oxygen atoms in total. The number of halogens is 2. The van der Waals surface area contributed by atoms with E-state index in [0.717, 1.165) is 0 Å². The Bertz CT molecular complexity index is 802. The van der Waals surface area contributed by atoms with E-state index in [9.17, 15) is 17.6 Å². The molecule has 1 aromatic carbocycles. The second-order valence-corrected chi connectivity index (χ2v) is 10.1. The molecular weight excluding hydrogens is 419 g/mol. The van der Waals surface area contributed by atoms with E-state index in [-0.39, 0.29) is 17.5 Å². The van der Waals surface area contributed by atoms with Crippen LogP contribution in [0.15, 0.2) is 18.2 Å². The van der Waals surface area contributed by atoms with Crippen LogP contribution in [0.4, 0.5) is 4.39 Å². The molecule has 1 amide bonds. The molecule has 2 heterocycles. The molecular formula is C19H28ClFN4O3S. The predicted octanol–water partition coefficient (Wildman–Crippen LogP) is 1.09. The molecule has 10 heteroatoms. The number of rotatable bonds is 6. The topological polar surface area (TPSA) is 64.2 Å². The van der Waals surface area contributed by atoms with Crippen molar-refractivity contribution >= 4 is 27.5 Å². The maximum Gasteiger partial charge on any atom is 0.236 e. The van der Waals surface area contributed by atoms with E-state index in [1.165, 1.54) is 10.4 Å². The second-order valence-electron chi connectivity index (χ2n) is 7.43. The summed E-state index contributed by atoms with van der Waals surface area (Å²) in [6, 6.07) is 4.69. The summed E-state index contributed by atoms with van der Waals surface area (Å²) in [6.45, 7) is 6.89. The highest BCUT2D eigenvalue weighted by atomic mass is 35.5. The zero-order valence-electron chi connectivity index (χ0n) is 16.7. The smallest absolute Gasteiger partial charge is 0.236 e. The molecule has 29 heavy (non-hydrogen) atoms. The molecule has 2 fully saturated rings. The third kappa shape index (κ3) is 5.67. The molecule has 162 valence electrons. The van der Waals surface area contributed by atoms with Gasteiger partial charge in [-0.2, -0.15) is 4.31 Å². The third-order valence-corrected chi connectivity index (χ3v) is 7.85. The summed E-state index contributed by atoms with van der Waals surface area (Å²) >= 11 is 6.11. The fraction of sp³-hybridized carbons (Fsp3) is 0.632. The van der Waals surface area contributed by atoms with Crippen molar-refractivity contribution in [2.24, 2.45) is 0 Å². The zero-order chi connectivity index (χ0) is 21.0. The van der Waals surface area contributed by atoms with E-state index in [4.69, 9.17) is 11.6 Å². The van der Waals surface area contributed by atoms with Crippen LogP contribution in [-0.4, -0.2) is 98.0 Å². The van der Waals surface area contributed by atoms with E-state index in [0.29, 0.717) is 76.0 Å². The lowest BCUT2D eigenvalue weighted by Gasteiger charge is -2.37. The van der Waals surface area contributed by atoms with Crippen LogP contribution in [0, 0.1) is 5.82 Å². The molecule has 0 saturated carbocycles. The Morgan fingerprint density at radius 1 is 1.03 bits per heavy atom. The molecule has 3 rings (SSSR count). The highest BCUT2D eigenvalue weighted by molar-refractivity contribution is 7.89. The van der Waals surface area contributed by atoms with Crippen molar-refractivity contribution < 1.29 is 17.6 Å². The maximum absolute atomic E-state index is 14.0. The maximum atomic E-state index is 14.0. The Morgan fingerprint density at radius 2 is 1.66 bits per heavy atom. The SMILES string of the molecule is CCS(=O)(=O)N1CCN(CC(=O)N2CCN(Cc3c(F)cccc3Cl)CC2)CC1. The standard InChI is InChI=1S/C19H28ClFN4O3S/c1-2-29(27,28)25-12-8-23(9-13-25)15-19(26)24-10-6-22(7-11-24)14-16-17(20)4-3-5-18(16)21/h3-5H,2,6-15H2,1H3. The largest absolute Gasteiger partial charge is 0.339 e. The van der Waals surface area contributed by atoms with Crippen molar-refractivity contribution in [3.63, 3.8) is 0 Å². The summed E-state index contributed by atoms with van der Waals surface area (Å²) < 4.78 is 39.3. The number of sulfonamides is 1. The quantitative estimate of drug-likeness (QED) is 0.654. The van der Waals surface area contributed by atoms with E-state index >= 15 is 0 Å². The van der Waals surface area contributed by atoms with E-state index in [1.807, 2.05) is 9.80 Å². The number of nitrogens with zero attached hydrogens (tertiary/aromatic N) is 4. The van der Waals surface area contributed by atoms with E-state index in [1.54, 1.807) is 19.1 Å². The molecule has 2 saturated heterocycles. The molecule has 0 atom stereocenters. The minimum Gasteiger partial charge on any atom is -0.339 e. The van der Waals surface area contributed by atoms with Gasteiger partial charge >= 0.3 is 0 Å². The first kappa shape index (κ1) is 22.4. The summed E-state index contributed by atoms with van der Waals surface area (Å²) in [4.78, 5) is 18.6. The minimum absolute atomic E-state index is 0.0559. The van der Waals surface area contributed by atoms with Crippen LogP contribution in [0.3, 0.4) is 0 Å². The fourth-order valence-corrected chi connectivity index (χ4v) is 5.01. The lowest BCUT2D eigenvalue weighted by molar-refractivity contribution is -0.134. The van der Waals surface area contributed by atoms with Gasteiger partial charge in [-0.25, -0.2) is 12.8 Å². The molecule has 0 aliphatic carbocycles. The molecule has 2 aliphatic heterocycles. The van der Waals surface area contributed by atoms with Gasteiger partial charge in [0.25, 0.3) is 0 Å². The molecule has 0 aromatic heterocycles. The number of benzene rings is 1. The van der Waals surface area contributed by atoms with Crippen molar-refractivity contribution in [3.8, 4) is 0 Å². The van der Waals surface area contributed by atoms with Gasteiger partial charge in [0.2, 0.25) is 15.9 Å². The van der Waals surface area contributed by atoms with Gasteiger partial charge in [-0.15, -0.1) is 0 Å². The lowest BCUT2D eigenvalue weighted by atomic mass is 10.2. The van der Waals surface area contributed by atoms with Gasteiger partial charge in [-0.3, -0.25) is 14.6 Å². The van der Waals surface area contributed by atoms with Gasteiger partial charge in [0.15, 0.2) is 0 Å². The van der Waals surface area contributed by atoms with Crippen LogP contribution in [-0.2, 0) is 21.4 Å². The van der Waals surface area contributed by atoms with Gasteiger partial charge in [0, 0.05) is 69.5 Å². The van der Waals surface area contributed by atoms with Gasteiger partial charge in [-0.05, 0) is 19.1 Å². The van der Waals surface area contributed by atoms with Crippen molar-refractivity contribution in [1.82, 2.24) is 19.0 Å². The number of piperazine rings is 2. The zero-order valence-corrected chi connectivity index (χ0v) is 18.3. The summed E-state index contributed by atoms with van der Waals surface area (Å²) in [6.07, 6.45) is 0. The molecule has 1 aromatic rings. The fourth-order valence-electron chi connectivity index (χ4n) is 3.70. The highest BCUT2D eigenvalue weighted by Gasteiger charge is 2.28. The minimum atomic E-state index is -3.16. The Labute approximate surface area is 177 Å². The Balaban J connectivity index is 1.44. The number of carbonyl (C=O) groups excluding carboxylic acids is 1. The first-order valence-electron chi connectivity index (χ1n) is 9.93. The van der Waals surface area contributed by atoms with Crippen LogP contribution in [0.5, 0.6) is 0 Å². The van der Waals surface area contributed by atoms with Gasteiger partial charge < -0.3 is 4.90 Å². The summed E-state index contributed by atoms with van der Waals surface area (Å²) in [5, 5.41) is 0.424. The van der Waals surface area contributed by atoms with Crippen LogP contribution in [0.1, 0.15) is 12.5 Å². The van der Waals surface area contributed by atoms with Crippen LogP contribution in [0.25, 0.3) is 0 Å². The normalized spacial score (nSPS) is 20.2. The molecule has 0 bridgehead atoms. The summed E-state index contributed by atoms with van der Waals surface area (Å²) in [7, 11) is -3.16. The van der Waals surface area contributed by atoms with Gasteiger partial charge in [-0.1, -0.05) is 17.7 Å². The third-order valence-electron chi connectivity index (χ3n) is 5.62. The van der Waals surface area contributed by atoms with Crippen molar-refractivity contribution in [1.29, 1.82) is 0 Å². The average molecular weight is 447 g/mol. The van der Waals surface area contributed by atoms with Crippen LogP contribution in [0.2, 0.25) is 5.02 Å². The lowest BCUT2D eigenvalue weighted by Crippen LogP contribution is -2.54. The Kier molecular flexibility index (Phi) is 7.50. The van der Waals surface area contributed by atoms with Crippen LogP contribution >= 0.6 is 11.6 Å². The molecule has 0 radical (unpaired) electrons. The van der Waals surface area contributed by atoms with E-state index < -0.39 is 10.0 Å². The molecule has 0 N–H and O–H groups in total. The van der Waals surface area contributed by atoms with Crippen molar-refractivity contribution in [3.05, 3.63) is 34.6 Å². The van der Waals surface area contributed by atoms with E-state index in [2.05, 4.69) is 4.90 Å². The number of hydrogen-bond acceptors (Lipinski definition) is 5.